The first kappa shape index (κ1) is 18.9. The number of quaternary nitrogens is 1. The summed E-state index contributed by atoms with van der Waals surface area (Å²) in [5.41, 5.74) is 3.37. The predicted octanol–water partition coefficient (Wildman–Crippen LogP) is 3.57. The zero-order valence-electron chi connectivity index (χ0n) is 17.5. The highest BCUT2D eigenvalue weighted by Gasteiger charge is 2.54. The molecule has 4 fully saturated rings. The van der Waals surface area contributed by atoms with Gasteiger partial charge in [-0.25, -0.2) is 0 Å². The molecule has 148 valence electrons. The van der Waals surface area contributed by atoms with Gasteiger partial charge in [-0.1, -0.05) is 0 Å². The lowest BCUT2D eigenvalue weighted by Gasteiger charge is -2.58. The molecule has 0 saturated heterocycles. The number of nitrogens with two attached hydrogens (primary N) is 1. The van der Waals surface area contributed by atoms with Gasteiger partial charge in [0, 0.05) is 16.7 Å². The van der Waals surface area contributed by atoms with Gasteiger partial charge in [-0.3, -0.25) is 9.59 Å². The fourth-order valence-electron chi connectivity index (χ4n) is 7.21. The topological polar surface area (TPSA) is 66.5 Å². The van der Waals surface area contributed by atoms with Gasteiger partial charge in [0.15, 0.2) is 5.78 Å². The fourth-order valence-corrected chi connectivity index (χ4v) is 7.21. The third-order valence-electron chi connectivity index (χ3n) is 8.08. The summed E-state index contributed by atoms with van der Waals surface area (Å²) < 4.78 is 0. The Morgan fingerprint density at radius 1 is 1.04 bits per heavy atom. The van der Waals surface area contributed by atoms with Crippen LogP contribution in [0.4, 0.5) is 0 Å². The van der Waals surface area contributed by atoms with Crippen LogP contribution >= 0.6 is 0 Å². The van der Waals surface area contributed by atoms with Crippen molar-refractivity contribution in [2.24, 2.45) is 23.2 Å². The highest BCUT2D eigenvalue weighted by atomic mass is 16.1. The van der Waals surface area contributed by atoms with E-state index in [0.717, 1.165) is 29.0 Å². The predicted molar refractivity (Wildman–Crippen MR) is 106 cm³/mol. The quantitative estimate of drug-likeness (QED) is 0.751. The molecule has 0 aliphatic heterocycles. The highest BCUT2D eigenvalue weighted by molar-refractivity contribution is 6.04. The standard InChI is InChI=1S/C23H34N2O2/c1-12-20(15(4)26)13(2)25-21(12)22(27)14(3)24-16(5)23-9-17-6-18(10-23)8-19(7-17)11-23/h14,16-19,24-25H,6-11H2,1-5H3/p+1/t14-,16+,17?,18?,19?,23?/m1/s1. The molecule has 0 aromatic carbocycles. The Hall–Kier alpha value is -1.42. The van der Waals surface area contributed by atoms with E-state index < -0.39 is 0 Å². The molecule has 0 spiro atoms. The van der Waals surface area contributed by atoms with E-state index in [1.54, 1.807) is 6.92 Å². The van der Waals surface area contributed by atoms with Crippen molar-refractivity contribution in [2.45, 2.75) is 85.2 Å². The number of carbonyl (C=O) groups is 2. The van der Waals surface area contributed by atoms with Gasteiger partial charge < -0.3 is 10.3 Å². The van der Waals surface area contributed by atoms with Crippen LogP contribution in [0.25, 0.3) is 0 Å². The number of carbonyl (C=O) groups excluding carboxylic acids is 2. The lowest BCUT2D eigenvalue weighted by molar-refractivity contribution is -0.718. The molecule has 4 aliphatic carbocycles. The summed E-state index contributed by atoms with van der Waals surface area (Å²) in [6, 6.07) is 0.359. The average molecular weight is 372 g/mol. The molecule has 2 atom stereocenters. The van der Waals surface area contributed by atoms with Crippen molar-refractivity contribution in [1.82, 2.24) is 4.98 Å². The Balaban J connectivity index is 1.49. The monoisotopic (exact) mass is 371 g/mol. The number of aromatic nitrogens is 1. The van der Waals surface area contributed by atoms with E-state index in [4.69, 9.17) is 0 Å². The van der Waals surface area contributed by atoms with E-state index in [1.165, 1.54) is 38.5 Å². The lowest BCUT2D eigenvalue weighted by Crippen LogP contribution is -2.98. The number of hydrogen-bond donors (Lipinski definition) is 2. The molecule has 0 unspecified atom stereocenters. The van der Waals surface area contributed by atoms with Gasteiger partial charge in [-0.05, 0) is 96.5 Å². The Morgan fingerprint density at radius 3 is 2.00 bits per heavy atom. The smallest absolute Gasteiger partial charge is 0.235 e. The second-order valence-electron chi connectivity index (χ2n) is 10.1. The van der Waals surface area contributed by atoms with Gasteiger partial charge in [0.2, 0.25) is 5.78 Å². The SMILES string of the molecule is CC(=O)c1c(C)[nH]c(C(=O)[C@@H](C)[NH2+][C@@H](C)C23CC4CC(CC(C4)C2)C3)c1C. The summed E-state index contributed by atoms with van der Waals surface area (Å²) in [6.07, 6.45) is 8.46. The Bertz CT molecular complexity index is 740. The molecule has 0 amide bonds. The maximum atomic E-state index is 13.1. The van der Waals surface area contributed by atoms with Crippen LogP contribution in [0.3, 0.4) is 0 Å². The third kappa shape index (κ3) is 3.10. The number of Topliss-reactive ketones (excluding diaryl/α,β-unsaturated/α-hetero) is 2. The van der Waals surface area contributed by atoms with Crippen molar-refractivity contribution in [1.29, 1.82) is 0 Å². The third-order valence-corrected chi connectivity index (χ3v) is 8.08. The second-order valence-corrected chi connectivity index (χ2v) is 10.1. The van der Waals surface area contributed by atoms with Crippen LogP contribution in [0.1, 0.15) is 91.4 Å². The molecule has 27 heavy (non-hydrogen) atoms. The fraction of sp³-hybridized carbons (Fsp3) is 0.739. The molecule has 4 nitrogen and oxygen atoms in total. The van der Waals surface area contributed by atoms with Crippen LogP contribution in [0.5, 0.6) is 0 Å². The number of ketones is 2. The number of H-pyrrole nitrogens is 1. The maximum Gasteiger partial charge on any atom is 0.235 e. The molecule has 4 saturated carbocycles. The molecule has 1 aromatic heterocycles. The molecule has 4 aliphatic rings. The number of aryl methyl sites for hydroxylation is 1. The summed E-state index contributed by atoms with van der Waals surface area (Å²) in [4.78, 5) is 28.2. The van der Waals surface area contributed by atoms with Crippen LogP contribution in [-0.4, -0.2) is 28.6 Å². The van der Waals surface area contributed by atoms with Crippen molar-refractivity contribution in [3.05, 3.63) is 22.5 Å². The molecule has 0 radical (unpaired) electrons. The number of aromatic amines is 1. The number of rotatable bonds is 6. The summed E-state index contributed by atoms with van der Waals surface area (Å²) in [5.74, 6) is 2.96. The Morgan fingerprint density at radius 2 is 1.56 bits per heavy atom. The molecule has 1 aromatic rings. The lowest BCUT2D eigenvalue weighted by atomic mass is 9.48. The summed E-state index contributed by atoms with van der Waals surface area (Å²) in [6.45, 7) is 9.73. The number of hydrogen-bond acceptors (Lipinski definition) is 2. The zero-order chi connectivity index (χ0) is 19.5. The van der Waals surface area contributed by atoms with Crippen LogP contribution < -0.4 is 5.32 Å². The van der Waals surface area contributed by atoms with Gasteiger partial charge >= 0.3 is 0 Å². The van der Waals surface area contributed by atoms with E-state index in [-0.39, 0.29) is 17.6 Å². The molecule has 4 bridgehead atoms. The number of nitrogens with one attached hydrogen (secondary N) is 1. The first-order valence-electron chi connectivity index (χ1n) is 10.8. The molecule has 3 N–H and O–H groups in total. The molecular weight excluding hydrogens is 336 g/mol. The van der Waals surface area contributed by atoms with Crippen LogP contribution in [0, 0.1) is 37.0 Å². The van der Waals surface area contributed by atoms with E-state index in [0.29, 0.717) is 22.7 Å². The summed E-state index contributed by atoms with van der Waals surface area (Å²) >= 11 is 0. The normalized spacial score (nSPS) is 33.9. The van der Waals surface area contributed by atoms with Crippen LogP contribution in [0.15, 0.2) is 0 Å². The Labute approximate surface area is 162 Å². The Kier molecular flexibility index (Phi) is 4.61. The summed E-state index contributed by atoms with van der Waals surface area (Å²) in [5, 5.41) is 2.32. The summed E-state index contributed by atoms with van der Waals surface area (Å²) in [7, 11) is 0. The van der Waals surface area contributed by atoms with Crippen molar-refractivity contribution < 1.29 is 14.9 Å². The molecule has 5 rings (SSSR count). The van der Waals surface area contributed by atoms with Crippen molar-refractivity contribution in [3.8, 4) is 0 Å². The second kappa shape index (κ2) is 6.58. The van der Waals surface area contributed by atoms with E-state index in [2.05, 4.69) is 17.2 Å². The van der Waals surface area contributed by atoms with Crippen molar-refractivity contribution in [2.75, 3.05) is 0 Å². The van der Waals surface area contributed by atoms with Gasteiger partial charge in [-0.15, -0.1) is 0 Å². The largest absolute Gasteiger partial charge is 0.355 e. The van der Waals surface area contributed by atoms with E-state index in [9.17, 15) is 9.59 Å². The van der Waals surface area contributed by atoms with Gasteiger partial charge in [-0.2, -0.15) is 0 Å². The molecule has 4 heteroatoms. The molecule has 1 heterocycles. The highest BCUT2D eigenvalue weighted by Crippen LogP contribution is 2.60. The maximum absolute atomic E-state index is 13.1. The van der Waals surface area contributed by atoms with E-state index >= 15 is 0 Å². The molecular formula is C23H35N2O2+. The van der Waals surface area contributed by atoms with Gasteiger partial charge in [0.1, 0.15) is 6.04 Å². The minimum atomic E-state index is -0.121. The van der Waals surface area contributed by atoms with Crippen molar-refractivity contribution >= 4 is 11.6 Å². The first-order valence-corrected chi connectivity index (χ1v) is 10.8. The minimum absolute atomic E-state index is 0.0267. The first-order chi connectivity index (χ1) is 12.7. The van der Waals surface area contributed by atoms with Crippen LogP contribution in [0.2, 0.25) is 0 Å². The average Bonchev–Trinajstić information content (AvgIpc) is 2.87. The van der Waals surface area contributed by atoms with Gasteiger partial charge in [0.25, 0.3) is 0 Å². The van der Waals surface area contributed by atoms with Gasteiger partial charge in [0.05, 0.1) is 11.7 Å². The van der Waals surface area contributed by atoms with Crippen molar-refractivity contribution in [3.63, 3.8) is 0 Å². The van der Waals surface area contributed by atoms with Crippen LogP contribution in [-0.2, 0) is 0 Å². The zero-order valence-corrected chi connectivity index (χ0v) is 17.5. The van der Waals surface area contributed by atoms with E-state index in [1.807, 2.05) is 20.8 Å². The minimum Gasteiger partial charge on any atom is -0.355 e.